The lowest BCUT2D eigenvalue weighted by Crippen LogP contribution is -2.13. The third-order valence-electron chi connectivity index (χ3n) is 2.53. The van der Waals surface area contributed by atoms with Gasteiger partial charge in [-0.15, -0.1) is 0 Å². The van der Waals surface area contributed by atoms with Crippen molar-refractivity contribution in [3.8, 4) is 0 Å². The highest BCUT2D eigenvalue weighted by Gasteiger charge is 2.30. The molecule has 2 aromatic heterocycles. The van der Waals surface area contributed by atoms with Crippen molar-refractivity contribution in [3.63, 3.8) is 0 Å². The zero-order chi connectivity index (χ0) is 11.8. The van der Waals surface area contributed by atoms with Crippen LogP contribution in [-0.4, -0.2) is 9.97 Å². The SMILES string of the molecule is CCC(F)(F)c1cc2ccc(C)nc2cn1. The summed E-state index contributed by atoms with van der Waals surface area (Å²) in [6.45, 7) is 3.30. The van der Waals surface area contributed by atoms with Crippen LogP contribution in [0.15, 0.2) is 24.4 Å². The Bertz CT molecular complexity index is 523. The molecular weight excluding hydrogens is 210 g/mol. The molecule has 0 aromatic carbocycles. The standard InChI is InChI=1S/C12H12F2N2/c1-3-12(13,14)11-6-9-5-4-8(2)16-10(9)7-15-11/h4-7H,3H2,1-2H3. The predicted octanol–water partition coefficient (Wildman–Crippen LogP) is 3.44. The molecule has 0 aliphatic rings. The maximum Gasteiger partial charge on any atom is 0.289 e. The molecule has 0 unspecified atom stereocenters. The van der Waals surface area contributed by atoms with E-state index in [-0.39, 0.29) is 12.1 Å². The normalized spacial score (nSPS) is 12.0. The minimum absolute atomic E-state index is 0.187. The third-order valence-corrected chi connectivity index (χ3v) is 2.53. The molecule has 0 N–H and O–H groups in total. The molecule has 0 aliphatic heterocycles. The van der Waals surface area contributed by atoms with Crippen LogP contribution in [0.5, 0.6) is 0 Å². The van der Waals surface area contributed by atoms with Gasteiger partial charge in [-0.3, -0.25) is 9.97 Å². The Morgan fingerprint density at radius 1 is 1.31 bits per heavy atom. The monoisotopic (exact) mass is 222 g/mol. The number of hydrogen-bond donors (Lipinski definition) is 0. The van der Waals surface area contributed by atoms with E-state index >= 15 is 0 Å². The maximum atomic E-state index is 13.4. The highest BCUT2D eigenvalue weighted by molar-refractivity contribution is 5.78. The molecule has 0 radical (unpaired) electrons. The number of pyridine rings is 2. The van der Waals surface area contributed by atoms with E-state index in [1.54, 1.807) is 12.1 Å². The Balaban J connectivity index is 2.57. The summed E-state index contributed by atoms with van der Waals surface area (Å²) in [6.07, 6.45) is 1.16. The highest BCUT2D eigenvalue weighted by atomic mass is 19.3. The fourth-order valence-corrected chi connectivity index (χ4v) is 1.51. The average molecular weight is 222 g/mol. The van der Waals surface area contributed by atoms with Gasteiger partial charge in [-0.05, 0) is 19.1 Å². The second-order valence-corrected chi connectivity index (χ2v) is 3.77. The van der Waals surface area contributed by atoms with Gasteiger partial charge in [0.15, 0.2) is 0 Å². The Morgan fingerprint density at radius 3 is 2.75 bits per heavy atom. The molecule has 0 saturated carbocycles. The Kier molecular flexibility index (Phi) is 2.58. The van der Waals surface area contributed by atoms with Gasteiger partial charge >= 0.3 is 0 Å². The summed E-state index contributed by atoms with van der Waals surface area (Å²) in [5.74, 6) is -2.86. The molecule has 0 spiro atoms. The van der Waals surface area contributed by atoms with Gasteiger partial charge in [-0.1, -0.05) is 13.0 Å². The number of aromatic nitrogens is 2. The van der Waals surface area contributed by atoms with Crippen LogP contribution >= 0.6 is 0 Å². The number of halogens is 2. The molecule has 2 aromatic rings. The predicted molar refractivity (Wildman–Crippen MR) is 58.5 cm³/mol. The van der Waals surface area contributed by atoms with E-state index in [0.29, 0.717) is 10.9 Å². The van der Waals surface area contributed by atoms with Gasteiger partial charge < -0.3 is 0 Å². The van der Waals surface area contributed by atoms with Crippen molar-refractivity contribution in [2.45, 2.75) is 26.2 Å². The van der Waals surface area contributed by atoms with E-state index in [2.05, 4.69) is 9.97 Å². The number of rotatable bonds is 2. The Labute approximate surface area is 92.3 Å². The molecule has 2 nitrogen and oxygen atoms in total. The molecule has 84 valence electrons. The first-order valence-corrected chi connectivity index (χ1v) is 5.14. The van der Waals surface area contributed by atoms with Crippen molar-refractivity contribution in [2.24, 2.45) is 0 Å². The molecule has 0 aliphatic carbocycles. The molecule has 0 bridgehead atoms. The van der Waals surface area contributed by atoms with Crippen LogP contribution in [0.4, 0.5) is 8.78 Å². The number of nitrogens with zero attached hydrogens (tertiary/aromatic N) is 2. The minimum atomic E-state index is -2.86. The van der Waals surface area contributed by atoms with Gasteiger partial charge in [0, 0.05) is 17.5 Å². The van der Waals surface area contributed by atoms with Gasteiger partial charge in [0.1, 0.15) is 5.69 Å². The van der Waals surface area contributed by atoms with Crippen molar-refractivity contribution in [3.05, 3.63) is 35.8 Å². The van der Waals surface area contributed by atoms with E-state index in [4.69, 9.17) is 0 Å². The van der Waals surface area contributed by atoms with Crippen molar-refractivity contribution in [2.75, 3.05) is 0 Å². The number of hydrogen-bond acceptors (Lipinski definition) is 2. The lowest BCUT2D eigenvalue weighted by atomic mass is 10.1. The van der Waals surface area contributed by atoms with Gasteiger partial charge in [0.05, 0.1) is 11.7 Å². The maximum absolute atomic E-state index is 13.4. The number of alkyl halides is 2. The second kappa shape index (κ2) is 3.77. The largest absolute Gasteiger partial charge is 0.289 e. The van der Waals surface area contributed by atoms with E-state index in [1.165, 1.54) is 19.2 Å². The van der Waals surface area contributed by atoms with Gasteiger partial charge in [0.25, 0.3) is 5.92 Å². The topological polar surface area (TPSA) is 25.8 Å². The van der Waals surface area contributed by atoms with E-state index in [0.717, 1.165) is 5.69 Å². The average Bonchev–Trinajstić information content (AvgIpc) is 2.28. The summed E-state index contributed by atoms with van der Waals surface area (Å²) < 4.78 is 26.8. The summed E-state index contributed by atoms with van der Waals surface area (Å²) in [5, 5.41) is 0.698. The summed E-state index contributed by atoms with van der Waals surface area (Å²) in [5.41, 5.74) is 1.31. The summed E-state index contributed by atoms with van der Waals surface area (Å²) in [6, 6.07) is 5.00. The second-order valence-electron chi connectivity index (χ2n) is 3.77. The van der Waals surface area contributed by atoms with Gasteiger partial charge in [-0.25, -0.2) is 0 Å². The fourth-order valence-electron chi connectivity index (χ4n) is 1.51. The molecule has 0 fully saturated rings. The van der Waals surface area contributed by atoms with E-state index in [9.17, 15) is 8.78 Å². The Morgan fingerprint density at radius 2 is 2.06 bits per heavy atom. The van der Waals surface area contributed by atoms with Crippen molar-refractivity contribution >= 4 is 10.9 Å². The zero-order valence-corrected chi connectivity index (χ0v) is 9.17. The van der Waals surface area contributed by atoms with Crippen molar-refractivity contribution in [1.82, 2.24) is 9.97 Å². The van der Waals surface area contributed by atoms with Crippen molar-refractivity contribution < 1.29 is 8.78 Å². The van der Waals surface area contributed by atoms with Crippen LogP contribution < -0.4 is 0 Å². The summed E-state index contributed by atoms with van der Waals surface area (Å²) in [7, 11) is 0. The lowest BCUT2D eigenvalue weighted by Gasteiger charge is -2.13. The summed E-state index contributed by atoms with van der Waals surface area (Å²) in [4.78, 5) is 8.00. The van der Waals surface area contributed by atoms with Gasteiger partial charge in [-0.2, -0.15) is 8.78 Å². The molecule has 4 heteroatoms. The van der Waals surface area contributed by atoms with Crippen LogP contribution in [0.2, 0.25) is 0 Å². The van der Waals surface area contributed by atoms with Gasteiger partial charge in [0.2, 0.25) is 0 Å². The lowest BCUT2D eigenvalue weighted by molar-refractivity contribution is -0.0126. The molecule has 0 amide bonds. The highest BCUT2D eigenvalue weighted by Crippen LogP contribution is 2.30. The van der Waals surface area contributed by atoms with E-state index in [1.807, 2.05) is 6.92 Å². The third kappa shape index (κ3) is 1.87. The van der Waals surface area contributed by atoms with E-state index < -0.39 is 5.92 Å². The quantitative estimate of drug-likeness (QED) is 0.777. The molecule has 0 atom stereocenters. The number of fused-ring (bicyclic) bond motifs is 1. The molecule has 2 heterocycles. The zero-order valence-electron chi connectivity index (χ0n) is 9.17. The van der Waals surface area contributed by atoms with Crippen LogP contribution in [-0.2, 0) is 5.92 Å². The van der Waals surface area contributed by atoms with Crippen LogP contribution in [0, 0.1) is 6.92 Å². The van der Waals surface area contributed by atoms with Crippen LogP contribution in [0.25, 0.3) is 10.9 Å². The molecule has 2 rings (SSSR count). The smallest absolute Gasteiger partial charge is 0.253 e. The van der Waals surface area contributed by atoms with Crippen LogP contribution in [0.3, 0.4) is 0 Å². The molecular formula is C12H12F2N2. The minimum Gasteiger partial charge on any atom is -0.253 e. The first-order chi connectivity index (χ1) is 7.53. The fraction of sp³-hybridized carbons (Fsp3) is 0.333. The number of aryl methyl sites for hydroxylation is 1. The Hall–Kier alpha value is -1.58. The summed E-state index contributed by atoms with van der Waals surface area (Å²) >= 11 is 0. The molecule has 16 heavy (non-hydrogen) atoms. The van der Waals surface area contributed by atoms with Crippen LogP contribution in [0.1, 0.15) is 24.7 Å². The molecule has 0 saturated heterocycles. The first-order valence-electron chi connectivity index (χ1n) is 5.14. The van der Waals surface area contributed by atoms with Crippen molar-refractivity contribution in [1.29, 1.82) is 0 Å². The first kappa shape index (κ1) is 10.9.